The molecule has 0 bridgehead atoms. The molecular formula is C14H21NO. The van der Waals surface area contributed by atoms with Crippen molar-refractivity contribution in [2.24, 2.45) is 0 Å². The maximum Gasteiger partial charge on any atom is 0.149 e. The molecule has 88 valence electrons. The fourth-order valence-corrected chi connectivity index (χ4v) is 1.83. The predicted molar refractivity (Wildman–Crippen MR) is 67.4 cm³/mol. The van der Waals surface area contributed by atoms with Crippen LogP contribution in [0.1, 0.15) is 32.6 Å². The van der Waals surface area contributed by atoms with Crippen molar-refractivity contribution >= 4 is 5.78 Å². The minimum absolute atomic E-state index is 0.179. The van der Waals surface area contributed by atoms with Gasteiger partial charge in [-0.25, -0.2) is 0 Å². The molecule has 1 aromatic rings. The number of rotatable bonds is 2. The molecule has 1 aliphatic carbocycles. The Morgan fingerprint density at radius 1 is 1.12 bits per heavy atom. The van der Waals surface area contributed by atoms with Gasteiger partial charge in [0.05, 0.1) is 6.04 Å². The molecule has 2 heteroatoms. The summed E-state index contributed by atoms with van der Waals surface area (Å²) in [7, 11) is 0. The Bertz CT molecular complexity index is 255. The third kappa shape index (κ3) is 5.08. The average molecular weight is 219 g/mol. The van der Waals surface area contributed by atoms with E-state index in [1.54, 1.807) is 0 Å². The fourth-order valence-electron chi connectivity index (χ4n) is 1.83. The van der Waals surface area contributed by atoms with E-state index in [2.05, 4.69) is 5.32 Å². The van der Waals surface area contributed by atoms with Crippen LogP contribution in [0.5, 0.6) is 0 Å². The number of hydrogen-bond acceptors (Lipinski definition) is 2. The van der Waals surface area contributed by atoms with Gasteiger partial charge in [-0.15, -0.1) is 0 Å². The predicted octanol–water partition coefficient (Wildman–Crippen LogP) is 2.79. The lowest BCUT2D eigenvalue weighted by Crippen LogP contribution is -2.38. The fraction of sp³-hybridized carbons (Fsp3) is 0.500. The van der Waals surface area contributed by atoms with Gasteiger partial charge in [0.1, 0.15) is 5.78 Å². The highest BCUT2D eigenvalue weighted by Gasteiger charge is 2.20. The molecule has 1 aliphatic rings. The van der Waals surface area contributed by atoms with Crippen LogP contribution in [-0.2, 0) is 4.79 Å². The molecule has 1 fully saturated rings. The summed E-state index contributed by atoms with van der Waals surface area (Å²) in [5, 5.41) is 3.18. The maximum absolute atomic E-state index is 11.1. The number of carbonyl (C=O) groups is 1. The van der Waals surface area contributed by atoms with Crippen LogP contribution in [0.15, 0.2) is 36.4 Å². The zero-order valence-electron chi connectivity index (χ0n) is 9.99. The molecule has 2 rings (SSSR count). The smallest absolute Gasteiger partial charge is 0.149 e. The Kier molecular flexibility index (Phi) is 6.50. The molecule has 0 spiro atoms. The second-order valence-electron chi connectivity index (χ2n) is 3.98. The van der Waals surface area contributed by atoms with E-state index >= 15 is 0 Å². The summed E-state index contributed by atoms with van der Waals surface area (Å²) in [6.45, 7) is 2.96. The van der Waals surface area contributed by atoms with E-state index in [4.69, 9.17) is 0 Å². The summed E-state index contributed by atoms with van der Waals surface area (Å²) in [5.41, 5.74) is 0. The number of Topliss-reactive ketones (excluding diaryl/α,β-unsaturated/α-hetero) is 1. The Morgan fingerprint density at radius 2 is 1.69 bits per heavy atom. The molecule has 2 nitrogen and oxygen atoms in total. The zero-order valence-corrected chi connectivity index (χ0v) is 9.99. The van der Waals surface area contributed by atoms with Crippen LogP contribution in [0.4, 0.5) is 0 Å². The molecule has 1 atom stereocenters. The van der Waals surface area contributed by atoms with E-state index in [9.17, 15) is 4.79 Å². The second-order valence-corrected chi connectivity index (χ2v) is 3.98. The number of hydrogen-bond donors (Lipinski definition) is 1. The summed E-state index contributed by atoms with van der Waals surface area (Å²) < 4.78 is 0. The molecule has 1 unspecified atom stereocenters. The summed E-state index contributed by atoms with van der Waals surface area (Å²) in [4.78, 5) is 11.1. The standard InChI is InChI=1S/C8H15NO.C6H6/c1-2-9-7-5-3-4-6-8(7)10;1-2-4-6-5-3-1/h7,9H,2-6H2,1H3;1-6H. The lowest BCUT2D eigenvalue weighted by molar-refractivity contribution is -0.122. The minimum atomic E-state index is 0.179. The summed E-state index contributed by atoms with van der Waals surface area (Å²) in [5.74, 6) is 0.410. The zero-order chi connectivity index (χ0) is 11.6. The van der Waals surface area contributed by atoms with Gasteiger partial charge in [0.15, 0.2) is 0 Å². The molecule has 0 aliphatic heterocycles. The Morgan fingerprint density at radius 3 is 2.12 bits per heavy atom. The second kappa shape index (κ2) is 8.05. The van der Waals surface area contributed by atoms with Crippen molar-refractivity contribution in [3.8, 4) is 0 Å². The van der Waals surface area contributed by atoms with Gasteiger partial charge in [-0.1, -0.05) is 49.7 Å². The first-order valence-corrected chi connectivity index (χ1v) is 6.10. The lowest BCUT2D eigenvalue weighted by Gasteiger charge is -2.20. The quantitative estimate of drug-likeness (QED) is 0.828. The average Bonchev–Trinajstić information content (AvgIpc) is 2.35. The lowest BCUT2D eigenvalue weighted by atomic mass is 9.94. The molecule has 0 amide bonds. The van der Waals surface area contributed by atoms with E-state index < -0.39 is 0 Å². The van der Waals surface area contributed by atoms with Crippen LogP contribution >= 0.6 is 0 Å². The number of nitrogens with one attached hydrogen (secondary N) is 1. The normalized spacial score (nSPS) is 19.8. The van der Waals surface area contributed by atoms with Crippen molar-refractivity contribution < 1.29 is 4.79 Å². The van der Waals surface area contributed by atoms with Crippen LogP contribution in [0.3, 0.4) is 0 Å². The Labute approximate surface area is 98.1 Å². The SMILES string of the molecule is CCNC1CCCCC1=O.c1ccccc1. The first-order valence-electron chi connectivity index (χ1n) is 6.10. The molecule has 1 saturated carbocycles. The first-order chi connectivity index (χ1) is 7.84. The van der Waals surface area contributed by atoms with Gasteiger partial charge in [0.2, 0.25) is 0 Å². The number of likely N-dealkylation sites (N-methyl/N-ethyl adjacent to an activating group) is 1. The highest BCUT2D eigenvalue weighted by Crippen LogP contribution is 2.13. The molecule has 0 saturated heterocycles. The van der Waals surface area contributed by atoms with E-state index in [1.807, 2.05) is 43.3 Å². The van der Waals surface area contributed by atoms with Gasteiger partial charge in [0.25, 0.3) is 0 Å². The Hall–Kier alpha value is -1.15. The highest BCUT2D eigenvalue weighted by atomic mass is 16.1. The summed E-state index contributed by atoms with van der Waals surface area (Å²) in [6, 6.07) is 12.2. The van der Waals surface area contributed by atoms with Crippen molar-refractivity contribution in [2.75, 3.05) is 6.54 Å². The van der Waals surface area contributed by atoms with Gasteiger partial charge in [-0.2, -0.15) is 0 Å². The number of ketones is 1. The molecule has 16 heavy (non-hydrogen) atoms. The van der Waals surface area contributed by atoms with Crippen molar-refractivity contribution in [2.45, 2.75) is 38.6 Å². The molecular weight excluding hydrogens is 198 g/mol. The molecule has 1 N–H and O–H groups in total. The monoisotopic (exact) mass is 219 g/mol. The summed E-state index contributed by atoms with van der Waals surface area (Å²) >= 11 is 0. The third-order valence-corrected chi connectivity index (χ3v) is 2.67. The van der Waals surface area contributed by atoms with Crippen LogP contribution < -0.4 is 5.32 Å². The van der Waals surface area contributed by atoms with Gasteiger partial charge >= 0.3 is 0 Å². The van der Waals surface area contributed by atoms with Gasteiger partial charge in [-0.3, -0.25) is 4.79 Å². The molecule has 1 aromatic carbocycles. The van der Waals surface area contributed by atoms with Crippen molar-refractivity contribution in [1.82, 2.24) is 5.32 Å². The van der Waals surface area contributed by atoms with Crippen LogP contribution in [0, 0.1) is 0 Å². The maximum atomic E-state index is 11.1. The molecule has 0 radical (unpaired) electrons. The number of benzene rings is 1. The highest BCUT2D eigenvalue weighted by molar-refractivity contribution is 5.84. The minimum Gasteiger partial charge on any atom is -0.308 e. The van der Waals surface area contributed by atoms with Crippen molar-refractivity contribution in [3.63, 3.8) is 0 Å². The number of carbonyl (C=O) groups excluding carboxylic acids is 1. The van der Waals surface area contributed by atoms with Crippen LogP contribution in [0.25, 0.3) is 0 Å². The summed E-state index contributed by atoms with van der Waals surface area (Å²) in [6.07, 6.45) is 4.15. The topological polar surface area (TPSA) is 29.1 Å². The largest absolute Gasteiger partial charge is 0.308 e. The van der Waals surface area contributed by atoms with E-state index in [0.29, 0.717) is 5.78 Å². The first kappa shape index (κ1) is 12.9. The van der Waals surface area contributed by atoms with Gasteiger partial charge in [0, 0.05) is 6.42 Å². The van der Waals surface area contributed by atoms with E-state index in [0.717, 1.165) is 25.8 Å². The van der Waals surface area contributed by atoms with Crippen LogP contribution in [0.2, 0.25) is 0 Å². The van der Waals surface area contributed by atoms with Crippen molar-refractivity contribution in [3.05, 3.63) is 36.4 Å². The van der Waals surface area contributed by atoms with Crippen LogP contribution in [-0.4, -0.2) is 18.4 Å². The van der Waals surface area contributed by atoms with E-state index in [1.165, 1.54) is 6.42 Å². The van der Waals surface area contributed by atoms with Gasteiger partial charge in [-0.05, 0) is 19.4 Å². The molecule has 0 aromatic heterocycles. The Balaban J connectivity index is 0.000000181. The van der Waals surface area contributed by atoms with Crippen molar-refractivity contribution in [1.29, 1.82) is 0 Å². The third-order valence-electron chi connectivity index (χ3n) is 2.67. The van der Waals surface area contributed by atoms with Gasteiger partial charge < -0.3 is 5.32 Å². The molecule has 0 heterocycles. The van der Waals surface area contributed by atoms with E-state index in [-0.39, 0.29) is 6.04 Å².